The van der Waals surface area contributed by atoms with Gasteiger partial charge >= 0.3 is 5.97 Å². The molecule has 1 amide bonds. The number of aliphatic hydroxyl groups excluding tert-OH is 1. The average Bonchev–Trinajstić information content (AvgIpc) is 2.63. The highest BCUT2D eigenvalue weighted by Crippen LogP contribution is 2.65. The van der Waals surface area contributed by atoms with Crippen LogP contribution in [0.3, 0.4) is 0 Å². The molecule has 1 aliphatic heterocycles. The van der Waals surface area contributed by atoms with Gasteiger partial charge in [-0.1, -0.05) is 13.8 Å². The number of ether oxygens (including phenoxy) is 1. The Labute approximate surface area is 184 Å². The number of carbonyl (C=O) groups excluding carboxylic acids is 1. The number of carboxylic acid groups (broad SMARTS) is 1. The monoisotopic (exact) mass is 438 g/mol. The van der Waals surface area contributed by atoms with Crippen molar-refractivity contribution in [3.8, 4) is 0 Å². The van der Waals surface area contributed by atoms with E-state index in [2.05, 4.69) is 24.5 Å². The van der Waals surface area contributed by atoms with Crippen molar-refractivity contribution in [2.75, 3.05) is 13.1 Å². The van der Waals surface area contributed by atoms with Crippen LogP contribution in [-0.4, -0.2) is 64.3 Å². The van der Waals surface area contributed by atoms with Gasteiger partial charge < -0.3 is 30.7 Å². The number of nitrogens with one attached hydrogen (secondary N) is 2. The summed E-state index contributed by atoms with van der Waals surface area (Å²) in [6, 6.07) is -0.785. The summed E-state index contributed by atoms with van der Waals surface area (Å²) < 4.78 is 5.50. The normalized spacial score (nSPS) is 44.3. The molecular formula is C23H38N2O6. The Balaban J connectivity index is 1.42. The molecule has 4 saturated carbocycles. The van der Waals surface area contributed by atoms with Crippen LogP contribution in [-0.2, 0) is 14.3 Å². The standard InChI is InChI=1S/C23H38N2O6/c1-13(26)25-19-17(27)10-23(30,20(28)29)31-18(19)11-24-12-21(2,3)22-7-14-4-15(8-22)6-16(5-14)9-22/h14-19,24,27,30H,4-12H2,1-3H3,(H,25,26)(H,28,29). The highest BCUT2D eigenvalue weighted by atomic mass is 16.7. The molecule has 176 valence electrons. The topological polar surface area (TPSA) is 128 Å². The fourth-order valence-corrected chi connectivity index (χ4v) is 7.41. The van der Waals surface area contributed by atoms with E-state index in [0.29, 0.717) is 5.41 Å². The molecule has 31 heavy (non-hydrogen) atoms. The SMILES string of the molecule is CC(=O)NC1C(O)CC(O)(C(=O)O)OC1CNCC(C)(C)C12CC3CC(CC(C3)C1)C2. The number of aliphatic carboxylic acids is 1. The lowest BCUT2D eigenvalue weighted by molar-refractivity contribution is -0.275. The summed E-state index contributed by atoms with van der Waals surface area (Å²) in [6.07, 6.45) is 5.47. The van der Waals surface area contributed by atoms with Gasteiger partial charge in [-0.05, 0) is 67.1 Å². The maximum atomic E-state index is 11.6. The molecule has 5 N–H and O–H groups in total. The van der Waals surface area contributed by atoms with Crippen molar-refractivity contribution < 1.29 is 29.6 Å². The van der Waals surface area contributed by atoms with E-state index in [-0.39, 0.29) is 17.9 Å². The number of amides is 1. The summed E-state index contributed by atoms with van der Waals surface area (Å²) in [7, 11) is 0. The molecule has 4 unspecified atom stereocenters. The number of carbonyl (C=O) groups is 2. The van der Waals surface area contributed by atoms with Crippen molar-refractivity contribution in [3.63, 3.8) is 0 Å². The zero-order chi connectivity index (χ0) is 22.6. The molecule has 4 aliphatic carbocycles. The first kappa shape index (κ1) is 23.0. The third-order valence-corrected chi connectivity index (χ3v) is 8.74. The van der Waals surface area contributed by atoms with E-state index >= 15 is 0 Å². The zero-order valence-corrected chi connectivity index (χ0v) is 18.9. The molecule has 0 aromatic rings. The van der Waals surface area contributed by atoms with Crippen LogP contribution in [0.15, 0.2) is 0 Å². The first-order valence-electron chi connectivity index (χ1n) is 11.7. The summed E-state index contributed by atoms with van der Waals surface area (Å²) in [6.45, 7) is 6.94. The second-order valence-electron chi connectivity index (χ2n) is 11.5. The number of hydrogen-bond donors (Lipinski definition) is 5. The molecule has 8 nitrogen and oxygen atoms in total. The maximum absolute atomic E-state index is 11.6. The molecule has 0 aromatic heterocycles. The Morgan fingerprint density at radius 3 is 2.10 bits per heavy atom. The lowest BCUT2D eigenvalue weighted by atomic mass is 9.43. The van der Waals surface area contributed by atoms with Gasteiger partial charge in [-0.25, -0.2) is 4.79 Å². The van der Waals surface area contributed by atoms with Gasteiger partial charge in [0.2, 0.25) is 5.91 Å². The van der Waals surface area contributed by atoms with Gasteiger partial charge in [0.1, 0.15) is 0 Å². The van der Waals surface area contributed by atoms with Crippen molar-refractivity contribution in [2.45, 2.75) is 89.8 Å². The fraction of sp³-hybridized carbons (Fsp3) is 0.913. The molecule has 0 radical (unpaired) electrons. The highest BCUT2D eigenvalue weighted by molar-refractivity contribution is 5.76. The van der Waals surface area contributed by atoms with E-state index < -0.39 is 36.4 Å². The number of carboxylic acids is 1. The summed E-state index contributed by atoms with van der Waals surface area (Å²) >= 11 is 0. The van der Waals surface area contributed by atoms with Gasteiger partial charge in [-0.3, -0.25) is 4.79 Å². The molecule has 5 fully saturated rings. The van der Waals surface area contributed by atoms with Crippen molar-refractivity contribution in [1.82, 2.24) is 10.6 Å². The average molecular weight is 439 g/mol. The maximum Gasteiger partial charge on any atom is 0.364 e. The molecule has 4 bridgehead atoms. The summed E-state index contributed by atoms with van der Waals surface area (Å²) in [5.41, 5.74) is 0.392. The van der Waals surface area contributed by atoms with Crippen LogP contribution in [0.5, 0.6) is 0 Å². The van der Waals surface area contributed by atoms with E-state index in [4.69, 9.17) is 4.74 Å². The molecular weight excluding hydrogens is 400 g/mol. The summed E-state index contributed by atoms with van der Waals surface area (Å²) in [4.78, 5) is 23.1. The minimum atomic E-state index is -2.46. The van der Waals surface area contributed by atoms with E-state index in [9.17, 15) is 24.9 Å². The first-order valence-corrected chi connectivity index (χ1v) is 11.7. The van der Waals surface area contributed by atoms with Crippen molar-refractivity contribution >= 4 is 11.9 Å². The predicted molar refractivity (Wildman–Crippen MR) is 113 cm³/mol. The van der Waals surface area contributed by atoms with Crippen molar-refractivity contribution in [1.29, 1.82) is 0 Å². The second-order valence-corrected chi connectivity index (χ2v) is 11.5. The Hall–Kier alpha value is -1.22. The van der Waals surface area contributed by atoms with Crippen LogP contribution >= 0.6 is 0 Å². The Bertz CT molecular complexity index is 690. The van der Waals surface area contributed by atoms with Crippen LogP contribution in [0, 0.1) is 28.6 Å². The van der Waals surface area contributed by atoms with Crippen LogP contribution < -0.4 is 10.6 Å². The van der Waals surface area contributed by atoms with Gasteiger partial charge in [0.25, 0.3) is 5.79 Å². The van der Waals surface area contributed by atoms with E-state index in [1.807, 2.05) is 0 Å². The Kier molecular flexibility index (Phi) is 5.90. The zero-order valence-electron chi connectivity index (χ0n) is 18.9. The lowest BCUT2D eigenvalue weighted by Crippen LogP contribution is -2.65. The smallest absolute Gasteiger partial charge is 0.364 e. The predicted octanol–water partition coefficient (Wildman–Crippen LogP) is 1.25. The largest absolute Gasteiger partial charge is 0.477 e. The molecule has 0 aromatic carbocycles. The minimum absolute atomic E-state index is 0.0584. The number of rotatable bonds is 7. The number of aliphatic hydroxyl groups is 2. The van der Waals surface area contributed by atoms with Crippen molar-refractivity contribution in [2.24, 2.45) is 28.6 Å². The van der Waals surface area contributed by atoms with Crippen LogP contribution in [0.25, 0.3) is 0 Å². The van der Waals surface area contributed by atoms with E-state index in [1.165, 1.54) is 45.4 Å². The quantitative estimate of drug-likeness (QED) is 0.405. The minimum Gasteiger partial charge on any atom is -0.477 e. The molecule has 4 atom stereocenters. The molecule has 0 spiro atoms. The molecule has 5 aliphatic rings. The third kappa shape index (κ3) is 4.24. The van der Waals surface area contributed by atoms with Crippen LogP contribution in [0.2, 0.25) is 0 Å². The summed E-state index contributed by atoms with van der Waals surface area (Å²) in [5.74, 6) is -1.76. The second kappa shape index (κ2) is 7.97. The Morgan fingerprint density at radius 1 is 1.06 bits per heavy atom. The third-order valence-electron chi connectivity index (χ3n) is 8.74. The van der Waals surface area contributed by atoms with Gasteiger partial charge in [0.05, 0.1) is 18.2 Å². The Morgan fingerprint density at radius 2 is 1.61 bits per heavy atom. The van der Waals surface area contributed by atoms with Gasteiger partial charge in [-0.2, -0.15) is 0 Å². The van der Waals surface area contributed by atoms with Crippen molar-refractivity contribution in [3.05, 3.63) is 0 Å². The number of hydrogen-bond acceptors (Lipinski definition) is 6. The van der Waals surface area contributed by atoms with Gasteiger partial charge in [0.15, 0.2) is 0 Å². The van der Waals surface area contributed by atoms with Crippen LogP contribution in [0.1, 0.15) is 65.7 Å². The van der Waals surface area contributed by atoms with E-state index in [1.54, 1.807) is 0 Å². The molecule has 1 saturated heterocycles. The van der Waals surface area contributed by atoms with Gasteiger partial charge in [0, 0.05) is 26.4 Å². The van der Waals surface area contributed by atoms with Gasteiger partial charge in [-0.15, -0.1) is 0 Å². The molecule has 5 rings (SSSR count). The van der Waals surface area contributed by atoms with Crippen LogP contribution in [0.4, 0.5) is 0 Å². The highest BCUT2D eigenvalue weighted by Gasteiger charge is 2.57. The molecule has 1 heterocycles. The molecule has 8 heteroatoms. The summed E-state index contributed by atoms with van der Waals surface area (Å²) in [5, 5.41) is 36.2. The fourth-order valence-electron chi connectivity index (χ4n) is 7.41. The van der Waals surface area contributed by atoms with E-state index in [0.717, 1.165) is 24.3 Å². The first-order chi connectivity index (χ1) is 14.4. The lowest BCUT2D eigenvalue weighted by Gasteiger charge is -2.62.